The van der Waals surface area contributed by atoms with E-state index >= 15 is 0 Å². The molecule has 1 aromatic heterocycles. The van der Waals surface area contributed by atoms with Gasteiger partial charge < -0.3 is 14.4 Å². The molecule has 0 radical (unpaired) electrons. The Morgan fingerprint density at radius 3 is 2.86 bits per heavy atom. The molecule has 0 amide bonds. The van der Waals surface area contributed by atoms with Gasteiger partial charge in [-0.3, -0.25) is 18.9 Å². The van der Waals surface area contributed by atoms with E-state index in [-0.39, 0.29) is 13.0 Å². The van der Waals surface area contributed by atoms with Crippen molar-refractivity contribution in [2.75, 3.05) is 6.61 Å². The number of aryl methyl sites for hydroxylation is 1. The zero-order valence-corrected chi connectivity index (χ0v) is 12.2. The highest BCUT2D eigenvalue weighted by Crippen LogP contribution is 2.32. The lowest BCUT2D eigenvalue weighted by Gasteiger charge is -2.17. The summed E-state index contributed by atoms with van der Waals surface area (Å²) in [6, 6.07) is 0. The molecular formula is C10H17N4O6P. The van der Waals surface area contributed by atoms with Gasteiger partial charge in [-0.2, -0.15) is 0 Å². The van der Waals surface area contributed by atoms with Gasteiger partial charge in [0.05, 0.1) is 12.7 Å². The van der Waals surface area contributed by atoms with Crippen LogP contribution < -0.4 is 22.3 Å². The number of ether oxygens (including phenoxy) is 1. The first kappa shape index (κ1) is 16.1. The Hall–Kier alpha value is -1.29. The van der Waals surface area contributed by atoms with Crippen LogP contribution in [0.5, 0.6) is 0 Å². The number of nitrogens with one attached hydrogen (secondary N) is 1. The molecule has 11 heteroatoms. The maximum absolute atomic E-state index is 11.7. The van der Waals surface area contributed by atoms with E-state index in [2.05, 4.69) is 4.98 Å². The maximum atomic E-state index is 11.7. The Morgan fingerprint density at radius 1 is 1.57 bits per heavy atom. The van der Waals surface area contributed by atoms with E-state index in [4.69, 9.17) is 20.3 Å². The summed E-state index contributed by atoms with van der Waals surface area (Å²) in [5, 5.41) is 9.87. The lowest BCUT2D eigenvalue weighted by molar-refractivity contribution is -0.0406. The molecule has 3 atom stereocenters. The molecule has 0 bridgehead atoms. The molecule has 0 unspecified atom stereocenters. The monoisotopic (exact) mass is 320 g/mol. The van der Waals surface area contributed by atoms with Crippen LogP contribution in [0.15, 0.2) is 15.8 Å². The van der Waals surface area contributed by atoms with Crippen LogP contribution in [0.1, 0.15) is 18.2 Å². The summed E-state index contributed by atoms with van der Waals surface area (Å²) in [5.74, 6) is 0. The van der Waals surface area contributed by atoms with E-state index < -0.39 is 37.4 Å². The number of aliphatic hydroxyl groups excluding tert-OH is 1. The van der Waals surface area contributed by atoms with Crippen LogP contribution in [0.25, 0.3) is 0 Å². The van der Waals surface area contributed by atoms with Gasteiger partial charge in [-0.25, -0.2) is 15.8 Å². The van der Waals surface area contributed by atoms with Crippen molar-refractivity contribution in [3.8, 4) is 0 Å². The van der Waals surface area contributed by atoms with Crippen molar-refractivity contribution in [1.29, 1.82) is 0 Å². The molecule has 0 aromatic carbocycles. The topological polar surface area (TPSA) is 163 Å². The van der Waals surface area contributed by atoms with E-state index in [1.165, 1.54) is 10.8 Å². The van der Waals surface area contributed by atoms with Crippen LogP contribution in [0.4, 0.5) is 0 Å². The first-order chi connectivity index (χ1) is 9.67. The number of nitrogens with zero attached hydrogens (tertiary/aromatic N) is 1. The van der Waals surface area contributed by atoms with Crippen molar-refractivity contribution in [2.45, 2.75) is 31.8 Å². The molecule has 0 spiro atoms. The van der Waals surface area contributed by atoms with Crippen LogP contribution in [0.2, 0.25) is 0 Å². The predicted molar refractivity (Wildman–Crippen MR) is 72.5 cm³/mol. The molecule has 0 saturated carbocycles. The standard InChI is InChI=1S/C10H17N4O6P/c1-5-3-14(10(17)13-9(5)16)8-2-6(15)7(20-8)4-19-21(11,12)18/h3,6-8,15H,2,4H2,1H3,(H4,11,12,18)(H,13,16,17)/t6-,7-,8+/m1/s1. The van der Waals surface area contributed by atoms with Crippen LogP contribution in [-0.4, -0.2) is 33.5 Å². The van der Waals surface area contributed by atoms with Gasteiger partial charge >= 0.3 is 13.4 Å². The van der Waals surface area contributed by atoms with Crippen molar-refractivity contribution >= 4 is 7.67 Å². The maximum Gasteiger partial charge on any atom is 0.335 e. The highest BCUT2D eigenvalue weighted by molar-refractivity contribution is 7.53. The first-order valence-electron chi connectivity index (χ1n) is 6.14. The molecule has 0 aliphatic carbocycles. The lowest BCUT2D eigenvalue weighted by Crippen LogP contribution is -2.33. The lowest BCUT2D eigenvalue weighted by atomic mass is 10.2. The first-order valence-corrected chi connectivity index (χ1v) is 7.91. The fraction of sp³-hybridized carbons (Fsp3) is 0.600. The molecule has 2 heterocycles. The second-order valence-corrected chi connectivity index (χ2v) is 6.40. The molecule has 1 fully saturated rings. The van der Waals surface area contributed by atoms with Crippen molar-refractivity contribution in [3.63, 3.8) is 0 Å². The van der Waals surface area contributed by atoms with E-state index in [1.807, 2.05) is 0 Å². The van der Waals surface area contributed by atoms with Crippen molar-refractivity contribution in [3.05, 3.63) is 32.6 Å². The largest absolute Gasteiger partial charge is 0.390 e. The van der Waals surface area contributed by atoms with E-state index in [0.717, 1.165) is 0 Å². The quantitative estimate of drug-likeness (QED) is 0.489. The highest BCUT2D eigenvalue weighted by Gasteiger charge is 2.36. The molecule has 1 saturated heterocycles. The van der Waals surface area contributed by atoms with Gasteiger partial charge in [0.2, 0.25) is 0 Å². The fourth-order valence-electron chi connectivity index (χ4n) is 2.03. The number of H-pyrrole nitrogens is 1. The van der Waals surface area contributed by atoms with Gasteiger partial charge in [0.1, 0.15) is 12.3 Å². The summed E-state index contributed by atoms with van der Waals surface area (Å²) >= 11 is 0. The van der Waals surface area contributed by atoms with Crippen LogP contribution in [-0.2, 0) is 13.8 Å². The molecule has 1 aromatic rings. The minimum atomic E-state index is -3.67. The van der Waals surface area contributed by atoms with E-state index in [0.29, 0.717) is 5.56 Å². The predicted octanol–water partition coefficient (Wildman–Crippen LogP) is -1.46. The normalized spacial score (nSPS) is 26.2. The van der Waals surface area contributed by atoms with Gasteiger partial charge in [0.15, 0.2) is 0 Å². The smallest absolute Gasteiger partial charge is 0.335 e. The van der Waals surface area contributed by atoms with Gasteiger partial charge in [-0.15, -0.1) is 0 Å². The molecule has 118 valence electrons. The Kier molecular flexibility index (Phi) is 4.47. The Bertz CT molecular complexity index is 679. The second-order valence-electron chi connectivity index (χ2n) is 4.85. The van der Waals surface area contributed by atoms with Gasteiger partial charge in [-0.05, 0) is 6.92 Å². The summed E-state index contributed by atoms with van der Waals surface area (Å²) in [4.78, 5) is 25.2. The number of hydrogen-bond acceptors (Lipinski definition) is 6. The molecule has 2 rings (SSSR count). The average Bonchev–Trinajstić information content (AvgIpc) is 2.72. The summed E-state index contributed by atoms with van der Waals surface area (Å²) in [7, 11) is -3.67. The van der Waals surface area contributed by atoms with Crippen molar-refractivity contribution in [1.82, 2.24) is 9.55 Å². The summed E-state index contributed by atoms with van der Waals surface area (Å²) in [5.41, 5.74) is 9.29. The average molecular weight is 320 g/mol. The van der Waals surface area contributed by atoms with Crippen molar-refractivity contribution in [2.24, 2.45) is 11.0 Å². The molecule has 1 aliphatic heterocycles. The minimum absolute atomic E-state index is 0.110. The summed E-state index contributed by atoms with van der Waals surface area (Å²) in [6.45, 7) is 1.28. The van der Waals surface area contributed by atoms with Crippen LogP contribution in [0, 0.1) is 6.92 Å². The Morgan fingerprint density at radius 2 is 2.24 bits per heavy atom. The number of nitrogens with two attached hydrogens (primary N) is 2. The number of hydrogen-bond donors (Lipinski definition) is 4. The fourth-order valence-corrected chi connectivity index (χ4v) is 2.41. The van der Waals surface area contributed by atoms with Crippen molar-refractivity contribution < 1.29 is 18.9 Å². The molecule has 1 aliphatic rings. The molecule has 10 nitrogen and oxygen atoms in total. The third-order valence-corrected chi connectivity index (χ3v) is 3.65. The zero-order valence-electron chi connectivity index (χ0n) is 11.3. The second kappa shape index (κ2) is 5.84. The number of aliphatic hydroxyl groups is 1. The Labute approximate surface area is 119 Å². The van der Waals surface area contributed by atoms with Crippen LogP contribution >= 0.6 is 7.67 Å². The summed E-state index contributed by atoms with van der Waals surface area (Å²) in [6.07, 6.45) is -1.08. The minimum Gasteiger partial charge on any atom is -0.390 e. The Balaban J connectivity index is 2.14. The van der Waals surface area contributed by atoms with Gasteiger partial charge in [0, 0.05) is 18.2 Å². The SMILES string of the molecule is Cc1cn([C@@H]2C[C@@H](O)[C@@H](COP(N)(N)=O)O2)c(=O)[nH]c1=O. The molecule has 21 heavy (non-hydrogen) atoms. The molecular weight excluding hydrogens is 303 g/mol. The number of aromatic amines is 1. The van der Waals surface area contributed by atoms with Crippen LogP contribution in [0.3, 0.4) is 0 Å². The summed E-state index contributed by atoms with van der Waals surface area (Å²) < 4.78 is 22.4. The van der Waals surface area contributed by atoms with Gasteiger partial charge in [-0.1, -0.05) is 0 Å². The third kappa shape index (κ3) is 3.88. The van der Waals surface area contributed by atoms with Gasteiger partial charge in [0.25, 0.3) is 5.56 Å². The third-order valence-electron chi connectivity index (χ3n) is 3.10. The van der Waals surface area contributed by atoms with E-state index in [1.54, 1.807) is 6.92 Å². The molecule has 6 N–H and O–H groups in total. The highest BCUT2D eigenvalue weighted by atomic mass is 31.2. The zero-order chi connectivity index (χ0) is 15.8. The number of aromatic nitrogens is 2. The number of rotatable bonds is 4. The van der Waals surface area contributed by atoms with E-state index in [9.17, 15) is 19.3 Å².